The van der Waals surface area contributed by atoms with E-state index in [1.807, 2.05) is 12.1 Å². The van der Waals surface area contributed by atoms with E-state index in [0.717, 1.165) is 31.5 Å². The Morgan fingerprint density at radius 1 is 1.14 bits per heavy atom. The van der Waals surface area contributed by atoms with Gasteiger partial charge in [-0.2, -0.15) is 10.2 Å². The average molecular weight is 295 g/mol. The molecule has 0 bridgehead atoms. The molecule has 1 fully saturated rings. The number of nitriles is 1. The highest BCUT2D eigenvalue weighted by molar-refractivity contribution is 5.60. The molecule has 3 rings (SSSR count). The predicted molar refractivity (Wildman–Crippen MR) is 86.8 cm³/mol. The Labute approximate surface area is 131 Å². The summed E-state index contributed by atoms with van der Waals surface area (Å²) in [4.78, 5) is 6.48. The molecule has 0 unspecified atom stereocenters. The summed E-state index contributed by atoms with van der Waals surface area (Å²) in [6, 6.07) is 10.4. The zero-order valence-electron chi connectivity index (χ0n) is 13.4. The van der Waals surface area contributed by atoms with Gasteiger partial charge in [0.2, 0.25) is 17.5 Å². The second-order valence-electron chi connectivity index (χ2n) is 6.81. The smallest absolute Gasteiger partial charge is 0.235 e. The molecule has 0 radical (unpaired) electrons. The molecule has 114 valence electrons. The summed E-state index contributed by atoms with van der Waals surface area (Å²) in [5.74, 6) is 1.15. The van der Waals surface area contributed by atoms with Crippen molar-refractivity contribution in [2.75, 3.05) is 18.0 Å². The Kier molecular flexibility index (Phi) is 3.66. The lowest BCUT2D eigenvalue weighted by Gasteiger charge is -2.18. The highest BCUT2D eigenvalue weighted by Gasteiger charge is 2.23. The maximum atomic E-state index is 9.29. The maximum absolute atomic E-state index is 9.29. The number of hydrogen-bond donors (Lipinski definition) is 0. The molecular formula is C18H21N3O. The summed E-state index contributed by atoms with van der Waals surface area (Å²) < 4.78 is 5.89. The van der Waals surface area contributed by atoms with Crippen molar-refractivity contribution in [3.05, 3.63) is 35.5 Å². The minimum Gasteiger partial charge on any atom is -0.419 e. The van der Waals surface area contributed by atoms with Gasteiger partial charge in [-0.25, -0.2) is 0 Å². The lowest BCUT2D eigenvalue weighted by molar-refractivity contribution is 0.562. The molecule has 1 aliphatic rings. The molecular weight excluding hydrogens is 274 g/mol. The maximum Gasteiger partial charge on any atom is 0.235 e. The lowest BCUT2D eigenvalue weighted by Crippen LogP contribution is -2.17. The van der Waals surface area contributed by atoms with Gasteiger partial charge in [0.15, 0.2) is 0 Å². The van der Waals surface area contributed by atoms with Crippen LogP contribution in [0.2, 0.25) is 0 Å². The van der Waals surface area contributed by atoms with E-state index in [1.165, 1.54) is 5.56 Å². The topological polar surface area (TPSA) is 53.1 Å². The molecule has 4 heteroatoms. The normalized spacial score (nSPS) is 15.1. The van der Waals surface area contributed by atoms with Gasteiger partial charge in [0.25, 0.3) is 0 Å². The molecule has 0 amide bonds. The molecule has 1 aromatic heterocycles. The Bertz CT molecular complexity index is 695. The summed E-state index contributed by atoms with van der Waals surface area (Å²) in [6.07, 6.45) is 2.28. The average Bonchev–Trinajstić information content (AvgIpc) is 3.15. The van der Waals surface area contributed by atoms with Gasteiger partial charge in [-0.1, -0.05) is 32.9 Å². The van der Waals surface area contributed by atoms with Gasteiger partial charge in [0.1, 0.15) is 6.07 Å². The van der Waals surface area contributed by atoms with Gasteiger partial charge in [0.05, 0.1) is 0 Å². The summed E-state index contributed by atoms with van der Waals surface area (Å²) in [5.41, 5.74) is 2.68. The number of hydrogen-bond acceptors (Lipinski definition) is 4. The molecule has 0 aliphatic carbocycles. The highest BCUT2D eigenvalue weighted by atomic mass is 16.4. The van der Waals surface area contributed by atoms with Crippen LogP contribution in [0, 0.1) is 11.3 Å². The van der Waals surface area contributed by atoms with Crippen molar-refractivity contribution in [2.45, 2.75) is 39.0 Å². The Morgan fingerprint density at radius 3 is 2.32 bits per heavy atom. The number of rotatable bonds is 2. The number of anilines is 1. The number of nitrogens with zero attached hydrogens (tertiary/aromatic N) is 3. The quantitative estimate of drug-likeness (QED) is 0.836. The van der Waals surface area contributed by atoms with Crippen LogP contribution in [0.3, 0.4) is 0 Å². The third-order valence-corrected chi connectivity index (χ3v) is 4.11. The zero-order chi connectivity index (χ0) is 15.7. The number of oxazole rings is 1. The highest BCUT2D eigenvalue weighted by Crippen LogP contribution is 2.31. The summed E-state index contributed by atoms with van der Waals surface area (Å²) in [5, 5.41) is 9.29. The van der Waals surface area contributed by atoms with Crippen molar-refractivity contribution < 1.29 is 4.42 Å². The molecule has 0 saturated carbocycles. The van der Waals surface area contributed by atoms with Crippen LogP contribution in [-0.2, 0) is 5.41 Å². The van der Waals surface area contributed by atoms with Crippen LogP contribution in [-0.4, -0.2) is 18.1 Å². The standard InChI is InChI=1S/C18H21N3O/c1-18(2,3)14-8-6-13(7-9-14)16-20-15(12-19)17(22-16)21-10-4-5-11-21/h6-9H,4-5,10-11H2,1-3H3. The van der Waals surface area contributed by atoms with Crippen LogP contribution in [0.15, 0.2) is 28.7 Å². The first kappa shape index (κ1) is 14.6. The predicted octanol–water partition coefficient (Wildman–Crippen LogP) is 4.11. The summed E-state index contributed by atoms with van der Waals surface area (Å²) in [7, 11) is 0. The van der Waals surface area contributed by atoms with E-state index in [9.17, 15) is 5.26 Å². The molecule has 2 aromatic rings. The van der Waals surface area contributed by atoms with Crippen molar-refractivity contribution in [3.8, 4) is 17.5 Å². The van der Waals surface area contributed by atoms with Crippen LogP contribution in [0.4, 0.5) is 5.88 Å². The van der Waals surface area contributed by atoms with Crippen molar-refractivity contribution in [2.24, 2.45) is 0 Å². The lowest BCUT2D eigenvalue weighted by atomic mass is 9.87. The number of aromatic nitrogens is 1. The van der Waals surface area contributed by atoms with E-state index in [1.54, 1.807) is 0 Å². The molecule has 0 spiro atoms. The second kappa shape index (κ2) is 5.49. The van der Waals surface area contributed by atoms with Crippen LogP contribution >= 0.6 is 0 Å². The zero-order valence-corrected chi connectivity index (χ0v) is 13.4. The molecule has 0 N–H and O–H groups in total. The monoisotopic (exact) mass is 295 g/mol. The molecule has 1 aliphatic heterocycles. The second-order valence-corrected chi connectivity index (χ2v) is 6.81. The SMILES string of the molecule is CC(C)(C)c1ccc(-c2nc(C#N)c(N3CCCC3)o2)cc1. The minimum absolute atomic E-state index is 0.119. The largest absolute Gasteiger partial charge is 0.419 e. The summed E-state index contributed by atoms with van der Waals surface area (Å²) in [6.45, 7) is 8.43. The first-order valence-electron chi connectivity index (χ1n) is 7.76. The first-order chi connectivity index (χ1) is 10.5. The molecule has 4 nitrogen and oxygen atoms in total. The Balaban J connectivity index is 1.93. The summed E-state index contributed by atoms with van der Waals surface area (Å²) >= 11 is 0. The van der Waals surface area contributed by atoms with Crippen LogP contribution in [0.1, 0.15) is 44.9 Å². The van der Waals surface area contributed by atoms with E-state index in [0.29, 0.717) is 17.5 Å². The van der Waals surface area contributed by atoms with Crippen molar-refractivity contribution >= 4 is 5.88 Å². The molecule has 22 heavy (non-hydrogen) atoms. The van der Waals surface area contributed by atoms with Crippen LogP contribution < -0.4 is 4.90 Å². The fourth-order valence-corrected chi connectivity index (χ4v) is 2.76. The van der Waals surface area contributed by atoms with Crippen LogP contribution in [0.25, 0.3) is 11.5 Å². The van der Waals surface area contributed by atoms with Crippen molar-refractivity contribution in [3.63, 3.8) is 0 Å². The minimum atomic E-state index is 0.119. The van der Waals surface area contributed by atoms with E-state index in [-0.39, 0.29) is 5.41 Å². The van der Waals surface area contributed by atoms with Gasteiger partial charge in [-0.05, 0) is 36.0 Å². The van der Waals surface area contributed by atoms with Gasteiger partial charge < -0.3 is 9.32 Å². The van der Waals surface area contributed by atoms with Crippen molar-refractivity contribution in [1.29, 1.82) is 5.26 Å². The molecule has 1 saturated heterocycles. The van der Waals surface area contributed by atoms with Crippen molar-refractivity contribution in [1.82, 2.24) is 4.98 Å². The van der Waals surface area contributed by atoms with Crippen LogP contribution in [0.5, 0.6) is 0 Å². The third-order valence-electron chi connectivity index (χ3n) is 4.11. The fourth-order valence-electron chi connectivity index (χ4n) is 2.76. The third kappa shape index (κ3) is 2.71. The van der Waals surface area contributed by atoms with E-state index >= 15 is 0 Å². The van der Waals surface area contributed by atoms with Gasteiger partial charge in [0, 0.05) is 18.7 Å². The van der Waals surface area contributed by atoms with E-state index in [4.69, 9.17) is 4.42 Å². The van der Waals surface area contributed by atoms with E-state index < -0.39 is 0 Å². The molecule has 0 atom stereocenters. The first-order valence-corrected chi connectivity index (χ1v) is 7.76. The fraction of sp³-hybridized carbons (Fsp3) is 0.444. The van der Waals surface area contributed by atoms with E-state index in [2.05, 4.69) is 48.9 Å². The van der Waals surface area contributed by atoms with Gasteiger partial charge in [-0.3, -0.25) is 0 Å². The van der Waals surface area contributed by atoms with Gasteiger partial charge >= 0.3 is 0 Å². The van der Waals surface area contributed by atoms with Gasteiger partial charge in [-0.15, -0.1) is 0 Å². The Hall–Kier alpha value is -2.28. The Morgan fingerprint density at radius 2 is 1.77 bits per heavy atom. The molecule has 1 aromatic carbocycles. The molecule has 2 heterocycles. The number of benzene rings is 1.